The fourth-order valence-electron chi connectivity index (χ4n) is 2.18. The molecule has 1 aromatic heterocycles. The maximum absolute atomic E-state index is 12.1. The first-order chi connectivity index (χ1) is 12.2. The number of aromatic nitrogens is 2. The van der Waals surface area contributed by atoms with E-state index >= 15 is 0 Å². The molecular formula is C20H16N4O. The molecule has 0 aliphatic carbocycles. The van der Waals surface area contributed by atoms with Crippen molar-refractivity contribution in [3.63, 3.8) is 0 Å². The van der Waals surface area contributed by atoms with Gasteiger partial charge in [0.25, 0.3) is 5.91 Å². The first-order valence-electron chi connectivity index (χ1n) is 7.72. The molecule has 122 valence electrons. The van der Waals surface area contributed by atoms with Gasteiger partial charge in [0.2, 0.25) is 5.95 Å². The number of nitrogens with one attached hydrogen (secondary N) is 1. The Morgan fingerprint density at radius 3 is 2.44 bits per heavy atom. The van der Waals surface area contributed by atoms with E-state index in [1.165, 1.54) is 0 Å². The summed E-state index contributed by atoms with van der Waals surface area (Å²) >= 11 is 0. The van der Waals surface area contributed by atoms with Crippen LogP contribution < -0.4 is 11.1 Å². The molecule has 3 aromatic rings. The number of rotatable bonds is 3. The van der Waals surface area contributed by atoms with Crippen molar-refractivity contribution in [2.75, 3.05) is 5.73 Å². The third-order valence-electron chi connectivity index (χ3n) is 3.44. The molecule has 1 heterocycles. The number of anilines is 1. The summed E-state index contributed by atoms with van der Waals surface area (Å²) in [5.74, 6) is 6.17. The maximum Gasteiger partial charge on any atom is 0.251 e. The standard InChI is InChI=1S/C20H16N4O/c21-20-23-13-17(14-24-20)10-9-15-5-4-6-16(11-15)12-22-19(25)18-7-2-1-3-8-18/h1-8,11,13-14H,12H2,(H,22,25)(H2,21,23,24). The number of nitrogen functional groups attached to an aromatic ring is 1. The molecule has 3 rings (SSSR count). The molecule has 5 nitrogen and oxygen atoms in total. The average molecular weight is 328 g/mol. The van der Waals surface area contributed by atoms with Crippen LogP contribution in [0.25, 0.3) is 0 Å². The summed E-state index contributed by atoms with van der Waals surface area (Å²) in [4.78, 5) is 19.9. The molecule has 0 aliphatic rings. The van der Waals surface area contributed by atoms with Crippen LogP contribution in [0.5, 0.6) is 0 Å². The van der Waals surface area contributed by atoms with Crippen LogP contribution in [0.1, 0.15) is 27.0 Å². The number of hydrogen-bond acceptors (Lipinski definition) is 4. The van der Waals surface area contributed by atoms with E-state index in [0.717, 1.165) is 11.1 Å². The summed E-state index contributed by atoms with van der Waals surface area (Å²) in [6, 6.07) is 16.8. The van der Waals surface area contributed by atoms with Gasteiger partial charge in [0, 0.05) is 30.1 Å². The molecule has 5 heteroatoms. The maximum atomic E-state index is 12.1. The second kappa shape index (κ2) is 7.75. The highest BCUT2D eigenvalue weighted by molar-refractivity contribution is 5.94. The average Bonchev–Trinajstić information content (AvgIpc) is 2.67. The zero-order chi connectivity index (χ0) is 17.5. The van der Waals surface area contributed by atoms with E-state index in [9.17, 15) is 4.79 Å². The summed E-state index contributed by atoms with van der Waals surface area (Å²) in [7, 11) is 0. The molecule has 0 saturated heterocycles. The van der Waals surface area contributed by atoms with Crippen LogP contribution >= 0.6 is 0 Å². The van der Waals surface area contributed by atoms with Crippen molar-refractivity contribution >= 4 is 11.9 Å². The van der Waals surface area contributed by atoms with E-state index < -0.39 is 0 Å². The van der Waals surface area contributed by atoms with Gasteiger partial charge in [-0.3, -0.25) is 4.79 Å². The second-order valence-corrected chi connectivity index (χ2v) is 5.33. The highest BCUT2D eigenvalue weighted by Gasteiger charge is 2.03. The predicted octanol–water partition coefficient (Wildman–Crippen LogP) is 2.39. The molecule has 3 N–H and O–H groups in total. The molecule has 0 saturated carbocycles. The van der Waals surface area contributed by atoms with E-state index in [0.29, 0.717) is 17.7 Å². The van der Waals surface area contributed by atoms with Crippen LogP contribution in [0.15, 0.2) is 67.0 Å². The van der Waals surface area contributed by atoms with E-state index in [1.807, 2.05) is 42.5 Å². The van der Waals surface area contributed by atoms with Gasteiger partial charge in [-0.25, -0.2) is 9.97 Å². The quantitative estimate of drug-likeness (QED) is 0.723. The minimum atomic E-state index is -0.101. The van der Waals surface area contributed by atoms with E-state index in [4.69, 9.17) is 5.73 Å². The molecule has 0 atom stereocenters. The number of benzene rings is 2. The highest BCUT2D eigenvalue weighted by atomic mass is 16.1. The molecule has 2 aromatic carbocycles. The summed E-state index contributed by atoms with van der Waals surface area (Å²) in [5, 5.41) is 2.90. The SMILES string of the molecule is Nc1ncc(C#Cc2cccc(CNC(=O)c3ccccc3)c2)cn1. The van der Waals surface area contributed by atoms with Crippen LogP contribution in [-0.2, 0) is 6.54 Å². The molecular weight excluding hydrogens is 312 g/mol. The molecule has 0 fully saturated rings. The smallest absolute Gasteiger partial charge is 0.251 e. The molecule has 0 aliphatic heterocycles. The topological polar surface area (TPSA) is 80.9 Å². The van der Waals surface area contributed by atoms with Gasteiger partial charge in [0.15, 0.2) is 0 Å². The van der Waals surface area contributed by atoms with E-state index in [1.54, 1.807) is 24.5 Å². The number of nitrogens with zero attached hydrogens (tertiary/aromatic N) is 2. The Morgan fingerprint density at radius 2 is 1.68 bits per heavy atom. The lowest BCUT2D eigenvalue weighted by molar-refractivity contribution is 0.0951. The van der Waals surface area contributed by atoms with Crippen molar-refractivity contribution in [1.82, 2.24) is 15.3 Å². The van der Waals surface area contributed by atoms with Crippen LogP contribution in [0, 0.1) is 11.8 Å². The number of carbonyl (C=O) groups excluding carboxylic acids is 1. The lowest BCUT2D eigenvalue weighted by Crippen LogP contribution is -2.22. The monoisotopic (exact) mass is 328 g/mol. The summed E-state index contributed by atoms with van der Waals surface area (Å²) < 4.78 is 0. The minimum absolute atomic E-state index is 0.101. The Bertz CT molecular complexity index is 925. The normalized spacial score (nSPS) is 9.76. The van der Waals surface area contributed by atoms with Crippen LogP contribution in [0.3, 0.4) is 0 Å². The highest BCUT2D eigenvalue weighted by Crippen LogP contribution is 2.06. The zero-order valence-corrected chi connectivity index (χ0v) is 13.4. The van der Waals surface area contributed by atoms with Crippen LogP contribution in [0.2, 0.25) is 0 Å². The van der Waals surface area contributed by atoms with Gasteiger partial charge >= 0.3 is 0 Å². The van der Waals surface area contributed by atoms with Gasteiger partial charge in [0.05, 0.1) is 5.56 Å². The minimum Gasteiger partial charge on any atom is -0.368 e. The van der Waals surface area contributed by atoms with Gasteiger partial charge in [-0.1, -0.05) is 42.2 Å². The van der Waals surface area contributed by atoms with Gasteiger partial charge in [-0.05, 0) is 29.8 Å². The Hall–Kier alpha value is -3.65. The van der Waals surface area contributed by atoms with Crippen molar-refractivity contribution in [3.8, 4) is 11.8 Å². The van der Waals surface area contributed by atoms with Gasteiger partial charge in [0.1, 0.15) is 0 Å². The Labute approximate surface area is 145 Å². The van der Waals surface area contributed by atoms with Crippen molar-refractivity contribution in [3.05, 3.63) is 89.2 Å². The van der Waals surface area contributed by atoms with Crippen LogP contribution in [-0.4, -0.2) is 15.9 Å². The lowest BCUT2D eigenvalue weighted by Gasteiger charge is -2.05. The molecule has 25 heavy (non-hydrogen) atoms. The molecule has 0 spiro atoms. The lowest BCUT2D eigenvalue weighted by atomic mass is 10.1. The Kier molecular flexibility index (Phi) is 5.03. The Balaban J connectivity index is 1.66. The Morgan fingerprint density at radius 1 is 0.960 bits per heavy atom. The summed E-state index contributed by atoms with van der Waals surface area (Å²) in [6.45, 7) is 0.439. The summed E-state index contributed by atoms with van der Waals surface area (Å²) in [5.41, 5.74) is 8.61. The molecule has 0 bridgehead atoms. The van der Waals surface area contributed by atoms with E-state index in [2.05, 4.69) is 27.1 Å². The summed E-state index contributed by atoms with van der Waals surface area (Å²) in [6.07, 6.45) is 3.17. The largest absolute Gasteiger partial charge is 0.368 e. The fraction of sp³-hybridized carbons (Fsp3) is 0.0500. The zero-order valence-electron chi connectivity index (χ0n) is 13.4. The van der Waals surface area contributed by atoms with Gasteiger partial charge in [-0.15, -0.1) is 0 Å². The third-order valence-corrected chi connectivity index (χ3v) is 3.44. The number of carbonyl (C=O) groups is 1. The van der Waals surface area contributed by atoms with Crippen molar-refractivity contribution in [1.29, 1.82) is 0 Å². The first kappa shape index (κ1) is 16.2. The number of nitrogens with two attached hydrogens (primary N) is 1. The van der Waals surface area contributed by atoms with Gasteiger partial charge < -0.3 is 11.1 Å². The van der Waals surface area contributed by atoms with E-state index in [-0.39, 0.29) is 11.9 Å². The molecule has 0 unspecified atom stereocenters. The molecule has 1 amide bonds. The van der Waals surface area contributed by atoms with Crippen molar-refractivity contribution < 1.29 is 4.79 Å². The fourth-order valence-corrected chi connectivity index (χ4v) is 2.18. The predicted molar refractivity (Wildman–Crippen MR) is 96.5 cm³/mol. The van der Waals surface area contributed by atoms with Gasteiger partial charge in [-0.2, -0.15) is 0 Å². The second-order valence-electron chi connectivity index (χ2n) is 5.33. The number of amides is 1. The number of hydrogen-bond donors (Lipinski definition) is 2. The first-order valence-corrected chi connectivity index (χ1v) is 7.72. The third kappa shape index (κ3) is 4.66. The van der Waals surface area contributed by atoms with Crippen LogP contribution in [0.4, 0.5) is 5.95 Å². The van der Waals surface area contributed by atoms with Crippen molar-refractivity contribution in [2.45, 2.75) is 6.54 Å². The van der Waals surface area contributed by atoms with Crippen molar-refractivity contribution in [2.24, 2.45) is 0 Å². The molecule has 0 radical (unpaired) electrons.